The largest absolute Gasteiger partial charge is 0.397 e. The molecule has 92 valence electrons. The van der Waals surface area contributed by atoms with E-state index in [1.165, 1.54) is 25.7 Å². The Morgan fingerprint density at radius 2 is 2.35 bits per heavy atom. The van der Waals surface area contributed by atoms with Gasteiger partial charge in [0.05, 0.1) is 5.69 Å². The Hall–Kier alpha value is -1.58. The van der Waals surface area contributed by atoms with Gasteiger partial charge in [0.1, 0.15) is 0 Å². The molecule has 0 aliphatic heterocycles. The second kappa shape index (κ2) is 4.73. The molecule has 17 heavy (non-hydrogen) atoms. The molecule has 1 heterocycles. The first-order chi connectivity index (χ1) is 8.17. The summed E-state index contributed by atoms with van der Waals surface area (Å²) >= 11 is 0. The number of nitrogens with two attached hydrogens (primary N) is 1. The van der Waals surface area contributed by atoms with Crippen molar-refractivity contribution in [3.05, 3.63) is 24.0 Å². The summed E-state index contributed by atoms with van der Waals surface area (Å²) in [5, 5.41) is 2.95. The van der Waals surface area contributed by atoms with Crippen LogP contribution >= 0.6 is 0 Å². The van der Waals surface area contributed by atoms with Crippen LogP contribution in [0.25, 0.3) is 0 Å². The molecule has 1 fully saturated rings. The summed E-state index contributed by atoms with van der Waals surface area (Å²) < 4.78 is 0. The van der Waals surface area contributed by atoms with E-state index in [1.54, 1.807) is 18.3 Å². The predicted octanol–water partition coefficient (Wildman–Crippen LogP) is 1.97. The van der Waals surface area contributed by atoms with E-state index in [9.17, 15) is 4.79 Å². The molecule has 4 heteroatoms. The maximum atomic E-state index is 11.9. The zero-order chi connectivity index (χ0) is 12.3. The van der Waals surface area contributed by atoms with Gasteiger partial charge < -0.3 is 11.1 Å². The third-order valence-corrected chi connectivity index (χ3v) is 3.42. The van der Waals surface area contributed by atoms with E-state index in [0.29, 0.717) is 16.8 Å². The zero-order valence-corrected chi connectivity index (χ0v) is 10.2. The number of carbonyl (C=O) groups excluding carboxylic acids is 1. The summed E-state index contributed by atoms with van der Waals surface area (Å²) in [6.45, 7) is 2.92. The number of carbonyl (C=O) groups is 1. The van der Waals surface area contributed by atoms with Gasteiger partial charge in [0.2, 0.25) is 0 Å². The fourth-order valence-electron chi connectivity index (χ4n) is 2.18. The fraction of sp³-hybridized carbons (Fsp3) is 0.538. The highest BCUT2D eigenvalue weighted by Gasteiger charge is 2.41. The topological polar surface area (TPSA) is 68.0 Å². The van der Waals surface area contributed by atoms with Gasteiger partial charge >= 0.3 is 0 Å². The average Bonchev–Trinajstić information content (AvgIpc) is 3.08. The van der Waals surface area contributed by atoms with Crippen molar-refractivity contribution in [3.63, 3.8) is 0 Å². The second-order valence-corrected chi connectivity index (χ2v) is 4.87. The van der Waals surface area contributed by atoms with Crippen LogP contribution in [0, 0.1) is 5.41 Å². The van der Waals surface area contributed by atoms with Gasteiger partial charge in [-0.1, -0.05) is 13.3 Å². The molecule has 0 atom stereocenters. The maximum Gasteiger partial charge on any atom is 0.272 e. The molecule has 1 aromatic heterocycles. The molecule has 0 saturated heterocycles. The smallest absolute Gasteiger partial charge is 0.272 e. The van der Waals surface area contributed by atoms with Gasteiger partial charge in [-0.2, -0.15) is 0 Å². The lowest BCUT2D eigenvalue weighted by atomic mass is 10.0. The highest BCUT2D eigenvalue weighted by Crippen LogP contribution is 2.48. The van der Waals surface area contributed by atoms with Crippen LogP contribution in [-0.4, -0.2) is 17.4 Å². The number of rotatable bonds is 5. The number of amides is 1. The molecule has 1 aromatic rings. The molecule has 1 aliphatic rings. The minimum atomic E-state index is -0.162. The summed E-state index contributed by atoms with van der Waals surface area (Å²) in [5.74, 6) is -0.162. The van der Waals surface area contributed by atoms with Crippen molar-refractivity contribution in [3.8, 4) is 0 Å². The van der Waals surface area contributed by atoms with Crippen molar-refractivity contribution < 1.29 is 4.79 Å². The van der Waals surface area contributed by atoms with Crippen molar-refractivity contribution in [1.29, 1.82) is 0 Å². The Balaban J connectivity index is 1.92. The van der Waals surface area contributed by atoms with Gasteiger partial charge in [0.25, 0.3) is 5.91 Å². The minimum Gasteiger partial charge on any atom is -0.397 e. The lowest BCUT2D eigenvalue weighted by Gasteiger charge is -2.14. The summed E-state index contributed by atoms with van der Waals surface area (Å²) in [5.41, 5.74) is 6.84. The Bertz CT molecular complexity index is 413. The Labute approximate surface area is 102 Å². The number of aromatic nitrogens is 1. The molecule has 2 rings (SSSR count). The van der Waals surface area contributed by atoms with Crippen molar-refractivity contribution in [1.82, 2.24) is 10.3 Å². The van der Waals surface area contributed by atoms with Gasteiger partial charge in [-0.3, -0.25) is 4.79 Å². The van der Waals surface area contributed by atoms with Crippen LogP contribution in [0.2, 0.25) is 0 Å². The van der Waals surface area contributed by atoms with Crippen LogP contribution in [0.1, 0.15) is 43.1 Å². The molecule has 0 spiro atoms. The average molecular weight is 233 g/mol. The Kier molecular flexibility index (Phi) is 3.31. The van der Waals surface area contributed by atoms with E-state index in [0.717, 1.165) is 6.54 Å². The lowest BCUT2D eigenvalue weighted by Crippen LogP contribution is -2.31. The number of anilines is 1. The van der Waals surface area contributed by atoms with Gasteiger partial charge in [-0.05, 0) is 36.8 Å². The molecular formula is C13H19N3O. The van der Waals surface area contributed by atoms with Crippen molar-refractivity contribution in [2.75, 3.05) is 12.3 Å². The van der Waals surface area contributed by atoms with E-state index in [2.05, 4.69) is 17.2 Å². The van der Waals surface area contributed by atoms with Crippen LogP contribution in [0.4, 0.5) is 5.69 Å². The number of hydrogen-bond donors (Lipinski definition) is 2. The first-order valence-electron chi connectivity index (χ1n) is 6.15. The molecule has 0 aromatic carbocycles. The maximum absolute atomic E-state index is 11.9. The Morgan fingerprint density at radius 3 is 2.94 bits per heavy atom. The van der Waals surface area contributed by atoms with E-state index < -0.39 is 0 Å². The van der Waals surface area contributed by atoms with E-state index in [-0.39, 0.29) is 5.91 Å². The van der Waals surface area contributed by atoms with E-state index >= 15 is 0 Å². The van der Waals surface area contributed by atoms with Crippen LogP contribution < -0.4 is 11.1 Å². The molecule has 0 radical (unpaired) electrons. The second-order valence-electron chi connectivity index (χ2n) is 4.87. The Morgan fingerprint density at radius 1 is 1.59 bits per heavy atom. The highest BCUT2D eigenvalue weighted by molar-refractivity contribution is 5.97. The van der Waals surface area contributed by atoms with Crippen molar-refractivity contribution >= 4 is 11.6 Å². The summed E-state index contributed by atoms with van der Waals surface area (Å²) in [4.78, 5) is 15.9. The standard InChI is InChI=1S/C13H19N3O/c1-2-5-13(6-7-13)9-16-12(17)11-10(14)4-3-8-15-11/h3-4,8H,2,5-7,9,14H2,1H3,(H,16,17). The van der Waals surface area contributed by atoms with Crippen LogP contribution in [-0.2, 0) is 0 Å². The third-order valence-electron chi connectivity index (χ3n) is 3.42. The third kappa shape index (κ3) is 2.75. The number of nitrogen functional groups attached to an aromatic ring is 1. The van der Waals surface area contributed by atoms with Crippen LogP contribution in [0.15, 0.2) is 18.3 Å². The van der Waals surface area contributed by atoms with Crippen molar-refractivity contribution in [2.24, 2.45) is 5.41 Å². The summed E-state index contributed by atoms with van der Waals surface area (Å²) in [6, 6.07) is 3.42. The quantitative estimate of drug-likeness (QED) is 0.817. The van der Waals surface area contributed by atoms with Crippen LogP contribution in [0.3, 0.4) is 0 Å². The molecule has 4 nitrogen and oxygen atoms in total. The highest BCUT2D eigenvalue weighted by atomic mass is 16.1. The molecule has 3 N–H and O–H groups in total. The normalized spacial score (nSPS) is 16.5. The first-order valence-corrected chi connectivity index (χ1v) is 6.15. The van der Waals surface area contributed by atoms with Gasteiger partial charge in [0, 0.05) is 12.7 Å². The lowest BCUT2D eigenvalue weighted by molar-refractivity contribution is 0.0939. The molecule has 0 unspecified atom stereocenters. The van der Waals surface area contributed by atoms with Gasteiger partial charge in [0.15, 0.2) is 5.69 Å². The first kappa shape index (κ1) is 11.9. The summed E-state index contributed by atoms with van der Waals surface area (Å²) in [7, 11) is 0. The monoisotopic (exact) mass is 233 g/mol. The number of hydrogen-bond acceptors (Lipinski definition) is 3. The molecular weight excluding hydrogens is 214 g/mol. The number of nitrogens with one attached hydrogen (secondary N) is 1. The SMILES string of the molecule is CCCC1(CNC(=O)c2ncccc2N)CC1. The predicted molar refractivity (Wildman–Crippen MR) is 67.6 cm³/mol. The molecule has 1 amide bonds. The molecule has 1 saturated carbocycles. The van der Waals surface area contributed by atoms with Gasteiger partial charge in [-0.25, -0.2) is 4.98 Å². The van der Waals surface area contributed by atoms with Crippen molar-refractivity contribution in [2.45, 2.75) is 32.6 Å². The zero-order valence-electron chi connectivity index (χ0n) is 10.2. The van der Waals surface area contributed by atoms with Gasteiger partial charge in [-0.15, -0.1) is 0 Å². The fourth-order valence-corrected chi connectivity index (χ4v) is 2.18. The number of nitrogens with zero attached hydrogens (tertiary/aromatic N) is 1. The van der Waals surface area contributed by atoms with E-state index in [4.69, 9.17) is 5.73 Å². The number of pyridine rings is 1. The molecule has 1 aliphatic carbocycles. The van der Waals surface area contributed by atoms with E-state index in [1.807, 2.05) is 0 Å². The summed E-state index contributed by atoms with van der Waals surface area (Å²) in [6.07, 6.45) is 6.38. The van der Waals surface area contributed by atoms with Crippen LogP contribution in [0.5, 0.6) is 0 Å². The minimum absolute atomic E-state index is 0.162. The molecule has 0 bridgehead atoms.